The molecule has 1 aromatic carbocycles. The van der Waals surface area contributed by atoms with Crippen LogP contribution in [-0.4, -0.2) is 9.83 Å². The predicted molar refractivity (Wildman–Crippen MR) is 75.8 cm³/mol. The molecule has 1 unspecified atom stereocenters. The van der Waals surface area contributed by atoms with E-state index in [1.165, 1.54) is 18.4 Å². The van der Waals surface area contributed by atoms with Crippen molar-refractivity contribution in [1.82, 2.24) is 0 Å². The largest absolute Gasteiger partial charge is 0.321 e. The summed E-state index contributed by atoms with van der Waals surface area (Å²) in [6, 6.07) is 8.04. The molecule has 0 aliphatic carbocycles. The van der Waals surface area contributed by atoms with E-state index in [1.807, 2.05) is 0 Å². The topological polar surface area (TPSA) is 43.1 Å². The molecule has 0 bridgehead atoms. The Labute approximate surface area is 111 Å². The van der Waals surface area contributed by atoms with Crippen molar-refractivity contribution >= 4 is 26.4 Å². The third-order valence-corrected chi connectivity index (χ3v) is 3.39. The highest BCUT2D eigenvalue weighted by molar-refractivity contribution is 14.1. The van der Waals surface area contributed by atoms with Crippen LogP contribution in [0.2, 0.25) is 0 Å². The molecule has 0 aliphatic rings. The van der Waals surface area contributed by atoms with Crippen LogP contribution in [0.1, 0.15) is 30.9 Å². The number of nitrogens with two attached hydrogens (primary N) is 1. The summed E-state index contributed by atoms with van der Waals surface area (Å²) in [5.74, 6) is 0. The second-order valence-electron chi connectivity index (χ2n) is 4.03. The lowest BCUT2D eigenvalue weighted by molar-refractivity contribution is -0.110. The Balaban J connectivity index is 2.54. The Bertz CT molecular complexity index is 334. The first kappa shape index (κ1) is 13.6. The number of unbranched alkanes of at least 4 members (excludes halogenated alkanes) is 1. The summed E-state index contributed by atoms with van der Waals surface area (Å²) in [5, 5.41) is 0. The summed E-state index contributed by atoms with van der Waals surface area (Å²) in [7, 11) is 0. The number of rotatable bonds is 6. The minimum absolute atomic E-state index is 0.0210. The maximum Gasteiger partial charge on any atom is 0.209 e. The number of hydrogen-bond acceptors (Lipinski definition) is 2. The quantitative estimate of drug-likeness (QED) is 0.643. The smallest absolute Gasteiger partial charge is 0.209 e. The Morgan fingerprint density at radius 3 is 2.38 bits per heavy atom. The van der Waals surface area contributed by atoms with Crippen LogP contribution in [0, 0.1) is 0 Å². The number of carbonyl (C=O) groups excluding carboxylic acids is 1. The molecule has 0 saturated carbocycles. The maximum absolute atomic E-state index is 11.0. The van der Waals surface area contributed by atoms with Gasteiger partial charge in [0.05, 0.1) is 6.04 Å². The van der Waals surface area contributed by atoms with Gasteiger partial charge in [-0.3, -0.25) is 4.79 Å². The summed E-state index contributed by atoms with van der Waals surface area (Å²) >= 11 is 1.76. The average molecular weight is 331 g/mol. The second kappa shape index (κ2) is 7.01. The molecule has 0 spiro atoms. The van der Waals surface area contributed by atoms with Gasteiger partial charge in [-0.15, -0.1) is 0 Å². The highest BCUT2D eigenvalue weighted by atomic mass is 127. The molecule has 0 amide bonds. The summed E-state index contributed by atoms with van der Waals surface area (Å²) < 4.78 is 0.0210. The minimum atomic E-state index is -0.373. The van der Waals surface area contributed by atoms with E-state index in [2.05, 4.69) is 31.2 Å². The first-order valence-electron chi connectivity index (χ1n) is 5.66. The molecule has 0 radical (unpaired) electrons. The van der Waals surface area contributed by atoms with Gasteiger partial charge in [-0.1, -0.05) is 37.6 Å². The number of carbonyl (C=O) groups is 1. The Morgan fingerprint density at radius 2 is 1.88 bits per heavy atom. The van der Waals surface area contributed by atoms with Crippen LogP contribution in [0.3, 0.4) is 0 Å². The molecule has 0 saturated heterocycles. The fourth-order valence-electron chi connectivity index (χ4n) is 1.56. The molecule has 0 aliphatic heterocycles. The number of benzene rings is 1. The molecule has 88 valence electrons. The number of aryl methyl sites for hydroxylation is 1. The monoisotopic (exact) mass is 331 g/mol. The van der Waals surface area contributed by atoms with Gasteiger partial charge in [-0.05, 0) is 30.4 Å². The van der Waals surface area contributed by atoms with Crippen molar-refractivity contribution in [3.05, 3.63) is 35.4 Å². The molecule has 0 aromatic heterocycles. The van der Waals surface area contributed by atoms with E-state index >= 15 is 0 Å². The van der Waals surface area contributed by atoms with Gasteiger partial charge in [0.15, 0.2) is 0 Å². The van der Waals surface area contributed by atoms with Crippen LogP contribution in [0.25, 0.3) is 0 Å². The Morgan fingerprint density at radius 1 is 1.31 bits per heavy atom. The lowest BCUT2D eigenvalue weighted by Crippen LogP contribution is -2.28. The molecular formula is C13H18INO. The van der Waals surface area contributed by atoms with Crippen LogP contribution in [0.4, 0.5) is 0 Å². The van der Waals surface area contributed by atoms with Gasteiger partial charge >= 0.3 is 0 Å². The van der Waals surface area contributed by atoms with Crippen LogP contribution in [-0.2, 0) is 17.6 Å². The summed E-state index contributed by atoms with van der Waals surface area (Å²) in [6.07, 6.45) is 4.21. The standard InChI is InChI=1S/C13H18INO/c1-2-3-4-10-5-7-11(8-6-10)9-12(15)13(14)16/h5-8,12H,2-4,9,15H2,1H3. The molecule has 1 aromatic rings. The lowest BCUT2D eigenvalue weighted by Gasteiger charge is -2.07. The third kappa shape index (κ3) is 4.61. The fourth-order valence-corrected chi connectivity index (χ4v) is 1.78. The molecule has 1 atom stereocenters. The molecule has 0 fully saturated rings. The Hall–Kier alpha value is -0.420. The van der Waals surface area contributed by atoms with Gasteiger partial charge in [-0.2, -0.15) is 0 Å². The van der Waals surface area contributed by atoms with Crippen molar-refractivity contribution in [2.24, 2.45) is 5.73 Å². The van der Waals surface area contributed by atoms with Gasteiger partial charge in [0.1, 0.15) is 0 Å². The van der Waals surface area contributed by atoms with Crippen molar-refractivity contribution in [1.29, 1.82) is 0 Å². The number of hydrogen-bond donors (Lipinski definition) is 1. The van der Waals surface area contributed by atoms with Gasteiger partial charge in [0, 0.05) is 22.6 Å². The van der Waals surface area contributed by atoms with E-state index in [4.69, 9.17) is 5.73 Å². The van der Waals surface area contributed by atoms with E-state index in [1.54, 1.807) is 22.6 Å². The molecule has 16 heavy (non-hydrogen) atoms. The Kier molecular flexibility index (Phi) is 5.98. The van der Waals surface area contributed by atoms with E-state index in [0.29, 0.717) is 6.42 Å². The van der Waals surface area contributed by atoms with Gasteiger partial charge in [-0.25, -0.2) is 0 Å². The maximum atomic E-state index is 11.0. The van der Waals surface area contributed by atoms with Crippen LogP contribution in [0.15, 0.2) is 24.3 Å². The van der Waals surface area contributed by atoms with Crippen molar-refractivity contribution in [3.8, 4) is 0 Å². The van der Waals surface area contributed by atoms with E-state index in [0.717, 1.165) is 12.0 Å². The van der Waals surface area contributed by atoms with Gasteiger partial charge < -0.3 is 5.73 Å². The van der Waals surface area contributed by atoms with E-state index in [9.17, 15) is 4.79 Å². The molecule has 3 heteroatoms. The highest BCUT2D eigenvalue weighted by Crippen LogP contribution is 2.10. The minimum Gasteiger partial charge on any atom is -0.321 e. The zero-order chi connectivity index (χ0) is 12.0. The zero-order valence-electron chi connectivity index (χ0n) is 9.58. The fraction of sp³-hybridized carbons (Fsp3) is 0.462. The number of halogens is 1. The molecular weight excluding hydrogens is 313 g/mol. The summed E-state index contributed by atoms with van der Waals surface area (Å²) in [4.78, 5) is 11.0. The normalized spacial score (nSPS) is 12.4. The third-order valence-electron chi connectivity index (χ3n) is 2.59. The summed E-state index contributed by atoms with van der Waals surface area (Å²) in [6.45, 7) is 2.19. The van der Waals surface area contributed by atoms with Crippen LogP contribution >= 0.6 is 22.6 Å². The molecule has 2 nitrogen and oxygen atoms in total. The lowest BCUT2D eigenvalue weighted by atomic mass is 10.0. The highest BCUT2D eigenvalue weighted by Gasteiger charge is 2.10. The first-order valence-corrected chi connectivity index (χ1v) is 6.74. The molecule has 0 heterocycles. The second-order valence-corrected chi connectivity index (χ2v) is 5.10. The molecule has 1 rings (SSSR count). The van der Waals surface area contributed by atoms with Crippen LogP contribution in [0.5, 0.6) is 0 Å². The van der Waals surface area contributed by atoms with Crippen molar-refractivity contribution in [2.75, 3.05) is 0 Å². The van der Waals surface area contributed by atoms with E-state index < -0.39 is 0 Å². The first-order chi connectivity index (χ1) is 7.63. The average Bonchev–Trinajstić information content (AvgIpc) is 2.28. The summed E-state index contributed by atoms with van der Waals surface area (Å²) in [5.41, 5.74) is 8.21. The zero-order valence-corrected chi connectivity index (χ0v) is 11.7. The van der Waals surface area contributed by atoms with E-state index in [-0.39, 0.29) is 9.83 Å². The van der Waals surface area contributed by atoms with Crippen molar-refractivity contribution in [3.63, 3.8) is 0 Å². The molecule has 2 N–H and O–H groups in total. The van der Waals surface area contributed by atoms with Crippen molar-refractivity contribution in [2.45, 2.75) is 38.6 Å². The van der Waals surface area contributed by atoms with Gasteiger partial charge in [0.25, 0.3) is 0 Å². The predicted octanol–water partition coefficient (Wildman–Crippen LogP) is 2.86. The SMILES string of the molecule is CCCCc1ccc(CC(N)C(=O)I)cc1. The van der Waals surface area contributed by atoms with Crippen molar-refractivity contribution < 1.29 is 4.79 Å². The van der Waals surface area contributed by atoms with Gasteiger partial charge in [0.2, 0.25) is 3.79 Å². The van der Waals surface area contributed by atoms with Crippen LogP contribution < -0.4 is 5.73 Å².